The summed E-state index contributed by atoms with van der Waals surface area (Å²) >= 11 is 0. The number of fused-ring (bicyclic) bond motifs is 5. The number of hydrogen-bond donors (Lipinski definition) is 0. The van der Waals surface area contributed by atoms with E-state index >= 15 is 0 Å². The van der Waals surface area contributed by atoms with Crippen LogP contribution < -0.4 is 0 Å². The summed E-state index contributed by atoms with van der Waals surface area (Å²) < 4.78 is 5.18. The van der Waals surface area contributed by atoms with E-state index in [0.717, 1.165) is 12.3 Å². The van der Waals surface area contributed by atoms with Crippen LogP contribution in [0.3, 0.4) is 0 Å². The van der Waals surface area contributed by atoms with Crippen molar-refractivity contribution in [3.63, 3.8) is 0 Å². The number of ether oxygens (including phenoxy) is 1. The van der Waals surface area contributed by atoms with Crippen LogP contribution in [0, 0.1) is 23.2 Å². The Balaban J connectivity index is 1.82. The highest BCUT2D eigenvalue weighted by atomic mass is 16.5. The fourth-order valence-electron chi connectivity index (χ4n) is 3.88. The van der Waals surface area contributed by atoms with Crippen LogP contribution in [0.25, 0.3) is 0 Å². The Morgan fingerprint density at radius 2 is 2.38 bits per heavy atom. The smallest absolute Gasteiger partial charge is 0.312 e. The molecule has 0 radical (unpaired) electrons. The van der Waals surface area contributed by atoms with Crippen LogP contribution in [-0.4, -0.2) is 12.6 Å². The number of rotatable bonds is 2. The maximum absolute atomic E-state index is 11.8. The molecule has 2 heteroatoms. The van der Waals surface area contributed by atoms with Crippen molar-refractivity contribution >= 4 is 5.97 Å². The van der Waals surface area contributed by atoms with Gasteiger partial charge in [-0.3, -0.25) is 4.79 Å². The molecule has 3 fully saturated rings. The Hall–Kier alpha value is -0.530. The zero-order valence-corrected chi connectivity index (χ0v) is 8.08. The lowest BCUT2D eigenvalue weighted by Crippen LogP contribution is -2.26. The van der Waals surface area contributed by atoms with Gasteiger partial charge in [-0.05, 0) is 50.4 Å². The Labute approximate surface area is 78.6 Å². The third kappa shape index (κ3) is 0.773. The summed E-state index contributed by atoms with van der Waals surface area (Å²) in [4.78, 5) is 11.8. The highest BCUT2D eigenvalue weighted by Crippen LogP contribution is 2.74. The number of hydrogen-bond acceptors (Lipinski definition) is 2. The first-order valence-corrected chi connectivity index (χ1v) is 5.46. The molecule has 0 aromatic rings. The molecule has 2 bridgehead atoms. The van der Waals surface area contributed by atoms with Gasteiger partial charge < -0.3 is 4.74 Å². The fraction of sp³-hybridized carbons (Fsp3) is 0.909. The maximum atomic E-state index is 11.8. The lowest BCUT2D eigenvalue weighted by Gasteiger charge is -2.20. The van der Waals surface area contributed by atoms with E-state index in [1.807, 2.05) is 6.92 Å². The van der Waals surface area contributed by atoms with Crippen molar-refractivity contribution in [1.29, 1.82) is 0 Å². The average Bonchev–Trinajstić information content (AvgIpc) is 2.64. The van der Waals surface area contributed by atoms with Crippen LogP contribution in [0.2, 0.25) is 0 Å². The maximum Gasteiger partial charge on any atom is 0.312 e. The van der Waals surface area contributed by atoms with Gasteiger partial charge in [0.2, 0.25) is 0 Å². The second-order valence-electron chi connectivity index (χ2n) is 4.84. The fourth-order valence-corrected chi connectivity index (χ4v) is 3.88. The molecule has 0 spiro atoms. The molecule has 3 aliphatic rings. The molecule has 0 aromatic carbocycles. The zero-order chi connectivity index (χ0) is 9.05. The summed E-state index contributed by atoms with van der Waals surface area (Å²) in [5.74, 6) is 2.38. The highest BCUT2D eigenvalue weighted by molar-refractivity contribution is 5.82. The van der Waals surface area contributed by atoms with Crippen LogP contribution in [-0.2, 0) is 9.53 Å². The van der Waals surface area contributed by atoms with E-state index in [-0.39, 0.29) is 11.4 Å². The largest absolute Gasteiger partial charge is 0.466 e. The van der Waals surface area contributed by atoms with E-state index in [9.17, 15) is 4.79 Å². The molecule has 0 aromatic heterocycles. The van der Waals surface area contributed by atoms with E-state index in [1.165, 1.54) is 19.3 Å². The summed E-state index contributed by atoms with van der Waals surface area (Å²) in [6.45, 7) is 2.45. The van der Waals surface area contributed by atoms with Gasteiger partial charge in [-0.25, -0.2) is 0 Å². The lowest BCUT2D eigenvalue weighted by atomic mass is 9.87. The van der Waals surface area contributed by atoms with Gasteiger partial charge in [0.25, 0.3) is 0 Å². The second-order valence-corrected chi connectivity index (χ2v) is 4.84. The van der Waals surface area contributed by atoms with Gasteiger partial charge in [-0.2, -0.15) is 0 Å². The van der Waals surface area contributed by atoms with Crippen LogP contribution in [0.5, 0.6) is 0 Å². The standard InChI is InChI=1S/C11H16O2/c1-2-13-10(12)11-6-9(11)7-3-4-8(11)5-7/h7-9H,2-6H2,1H3/t7?,8?,9-,11-/m1/s1. The van der Waals surface area contributed by atoms with Gasteiger partial charge >= 0.3 is 5.97 Å². The molecular weight excluding hydrogens is 164 g/mol. The van der Waals surface area contributed by atoms with Crippen LogP contribution in [0.1, 0.15) is 32.6 Å². The van der Waals surface area contributed by atoms with Crippen molar-refractivity contribution < 1.29 is 9.53 Å². The van der Waals surface area contributed by atoms with Gasteiger partial charge in [0, 0.05) is 0 Å². The normalized spacial score (nSPS) is 50.4. The molecule has 72 valence electrons. The molecule has 3 aliphatic carbocycles. The molecule has 13 heavy (non-hydrogen) atoms. The van der Waals surface area contributed by atoms with Gasteiger partial charge in [0.15, 0.2) is 0 Å². The minimum atomic E-state index is 0.0267. The number of carbonyl (C=O) groups is 1. The third-order valence-electron chi connectivity index (χ3n) is 4.49. The Morgan fingerprint density at radius 1 is 1.54 bits per heavy atom. The van der Waals surface area contributed by atoms with Crippen LogP contribution >= 0.6 is 0 Å². The first-order valence-electron chi connectivity index (χ1n) is 5.46. The molecule has 0 saturated heterocycles. The molecule has 0 heterocycles. The van der Waals surface area contributed by atoms with Gasteiger partial charge in [-0.15, -0.1) is 0 Å². The Morgan fingerprint density at radius 3 is 3.00 bits per heavy atom. The van der Waals surface area contributed by atoms with Crippen molar-refractivity contribution in [2.45, 2.75) is 32.6 Å². The van der Waals surface area contributed by atoms with E-state index in [0.29, 0.717) is 18.4 Å². The van der Waals surface area contributed by atoms with Crippen molar-refractivity contribution in [2.24, 2.45) is 23.2 Å². The highest BCUT2D eigenvalue weighted by Gasteiger charge is 2.73. The van der Waals surface area contributed by atoms with Gasteiger partial charge in [-0.1, -0.05) is 0 Å². The molecule has 3 saturated carbocycles. The summed E-state index contributed by atoms with van der Waals surface area (Å²) in [6.07, 6.45) is 5.10. The molecule has 4 atom stereocenters. The lowest BCUT2D eigenvalue weighted by molar-refractivity contribution is -0.152. The Bertz CT molecular complexity index is 261. The molecular formula is C11H16O2. The monoisotopic (exact) mass is 180 g/mol. The third-order valence-corrected chi connectivity index (χ3v) is 4.49. The first-order chi connectivity index (χ1) is 6.29. The van der Waals surface area contributed by atoms with Gasteiger partial charge in [0.05, 0.1) is 12.0 Å². The summed E-state index contributed by atoms with van der Waals surface area (Å²) in [5, 5.41) is 0. The Kier molecular flexibility index (Phi) is 1.38. The molecule has 2 nitrogen and oxygen atoms in total. The molecule has 2 unspecified atom stereocenters. The van der Waals surface area contributed by atoms with Crippen molar-refractivity contribution in [2.75, 3.05) is 6.61 Å². The van der Waals surface area contributed by atoms with Crippen molar-refractivity contribution in [3.05, 3.63) is 0 Å². The average molecular weight is 180 g/mol. The summed E-state index contributed by atoms with van der Waals surface area (Å²) in [6, 6.07) is 0. The second kappa shape index (κ2) is 2.28. The minimum Gasteiger partial charge on any atom is -0.466 e. The number of esters is 1. The van der Waals surface area contributed by atoms with Crippen molar-refractivity contribution in [1.82, 2.24) is 0 Å². The first kappa shape index (κ1) is 7.84. The van der Waals surface area contributed by atoms with E-state index in [1.54, 1.807) is 0 Å². The molecule has 3 rings (SSSR count). The van der Waals surface area contributed by atoms with Gasteiger partial charge in [0.1, 0.15) is 0 Å². The zero-order valence-electron chi connectivity index (χ0n) is 8.08. The van der Waals surface area contributed by atoms with E-state index < -0.39 is 0 Å². The predicted octanol–water partition coefficient (Wildman–Crippen LogP) is 1.99. The number of carbonyl (C=O) groups excluding carboxylic acids is 1. The van der Waals surface area contributed by atoms with E-state index in [4.69, 9.17) is 4.74 Å². The molecule has 0 aliphatic heterocycles. The predicted molar refractivity (Wildman–Crippen MR) is 48.0 cm³/mol. The molecule has 0 amide bonds. The van der Waals surface area contributed by atoms with Crippen molar-refractivity contribution in [3.8, 4) is 0 Å². The summed E-state index contributed by atoms with van der Waals surface area (Å²) in [5.41, 5.74) is 0.0267. The quantitative estimate of drug-likeness (QED) is 0.607. The van der Waals surface area contributed by atoms with Crippen LogP contribution in [0.4, 0.5) is 0 Å². The van der Waals surface area contributed by atoms with E-state index in [2.05, 4.69) is 0 Å². The van der Waals surface area contributed by atoms with Crippen LogP contribution in [0.15, 0.2) is 0 Å². The minimum absolute atomic E-state index is 0.0267. The topological polar surface area (TPSA) is 26.3 Å². The SMILES string of the molecule is CCOC(=O)[C@@]12C[C@@H]1C1CCC2C1. The molecule has 0 N–H and O–H groups in total. The summed E-state index contributed by atoms with van der Waals surface area (Å²) in [7, 11) is 0.